The first-order valence-electron chi connectivity index (χ1n) is 5.76. The highest BCUT2D eigenvalue weighted by Gasteiger charge is 2.08. The monoisotopic (exact) mass is 255 g/mol. The molecule has 0 N–H and O–H groups in total. The van der Waals surface area contributed by atoms with Crippen molar-refractivity contribution in [3.05, 3.63) is 48.5 Å². The molecule has 0 aromatic heterocycles. The molecule has 2 rings (SSSR count). The van der Waals surface area contributed by atoms with E-state index in [2.05, 4.69) is 24.0 Å². The van der Waals surface area contributed by atoms with E-state index in [0.717, 1.165) is 16.9 Å². The fourth-order valence-electron chi connectivity index (χ4n) is 1.82. The van der Waals surface area contributed by atoms with Gasteiger partial charge < -0.3 is 0 Å². The fourth-order valence-corrected chi connectivity index (χ4v) is 2.64. The van der Waals surface area contributed by atoms with E-state index in [0.29, 0.717) is 5.69 Å². The molecular formula is C15H13NOS. The number of aliphatic imine (C=N–C) groups is 1. The number of benzene rings is 2. The van der Waals surface area contributed by atoms with Crippen LogP contribution in [0.5, 0.6) is 0 Å². The van der Waals surface area contributed by atoms with Crippen molar-refractivity contribution >= 4 is 23.5 Å². The first-order valence-corrected chi connectivity index (χ1v) is 6.74. The summed E-state index contributed by atoms with van der Waals surface area (Å²) >= 11 is 1.78. The molecular weight excluding hydrogens is 242 g/mol. The third kappa shape index (κ3) is 2.70. The van der Waals surface area contributed by atoms with Crippen LogP contribution in [-0.4, -0.2) is 11.8 Å². The summed E-state index contributed by atoms with van der Waals surface area (Å²) in [6, 6.07) is 15.8. The van der Waals surface area contributed by atoms with Crippen LogP contribution in [0.15, 0.2) is 58.4 Å². The van der Waals surface area contributed by atoms with E-state index in [1.807, 2.05) is 36.4 Å². The van der Waals surface area contributed by atoms with E-state index in [4.69, 9.17) is 0 Å². The maximum absolute atomic E-state index is 10.5. The van der Waals surface area contributed by atoms with Gasteiger partial charge in [-0.1, -0.05) is 43.3 Å². The second-order valence-corrected chi connectivity index (χ2v) is 4.96. The van der Waals surface area contributed by atoms with Crippen molar-refractivity contribution in [3.63, 3.8) is 0 Å². The van der Waals surface area contributed by atoms with Crippen LogP contribution in [0, 0.1) is 0 Å². The summed E-state index contributed by atoms with van der Waals surface area (Å²) in [5.74, 6) is 1.01. The number of para-hydroxylation sites is 1. The molecule has 18 heavy (non-hydrogen) atoms. The molecule has 0 unspecified atom stereocenters. The SMILES string of the molecule is CCSc1ccccc1-c1ccccc1N=C=O. The maximum atomic E-state index is 10.5. The third-order valence-electron chi connectivity index (χ3n) is 2.55. The van der Waals surface area contributed by atoms with Crippen LogP contribution in [0.4, 0.5) is 5.69 Å². The molecule has 90 valence electrons. The van der Waals surface area contributed by atoms with Crippen molar-refractivity contribution in [1.82, 2.24) is 0 Å². The molecule has 0 saturated carbocycles. The van der Waals surface area contributed by atoms with Crippen LogP contribution in [0.2, 0.25) is 0 Å². The molecule has 2 aromatic carbocycles. The van der Waals surface area contributed by atoms with Crippen molar-refractivity contribution in [2.45, 2.75) is 11.8 Å². The largest absolute Gasteiger partial charge is 0.240 e. The Balaban J connectivity index is 2.58. The van der Waals surface area contributed by atoms with Gasteiger partial charge >= 0.3 is 0 Å². The molecule has 2 nitrogen and oxygen atoms in total. The van der Waals surface area contributed by atoms with Gasteiger partial charge in [-0.15, -0.1) is 11.8 Å². The Labute approximate surface area is 111 Å². The number of rotatable bonds is 4. The summed E-state index contributed by atoms with van der Waals surface area (Å²) in [5.41, 5.74) is 2.74. The Morgan fingerprint density at radius 2 is 1.72 bits per heavy atom. The number of nitrogens with zero attached hydrogens (tertiary/aromatic N) is 1. The lowest BCUT2D eigenvalue weighted by molar-refractivity contribution is 0.565. The Hall–Kier alpha value is -1.83. The van der Waals surface area contributed by atoms with Gasteiger partial charge in [-0.25, -0.2) is 4.79 Å². The summed E-state index contributed by atoms with van der Waals surface area (Å²) in [6.07, 6.45) is 1.61. The highest BCUT2D eigenvalue weighted by atomic mass is 32.2. The Kier molecular flexibility index (Phi) is 4.35. The van der Waals surface area contributed by atoms with Crippen molar-refractivity contribution in [1.29, 1.82) is 0 Å². The lowest BCUT2D eigenvalue weighted by Crippen LogP contribution is -1.83. The average Bonchev–Trinajstić information content (AvgIpc) is 2.41. The molecule has 0 spiro atoms. The summed E-state index contributed by atoms with van der Waals surface area (Å²) in [7, 11) is 0. The molecule has 0 aliphatic rings. The molecule has 0 heterocycles. The predicted molar refractivity (Wildman–Crippen MR) is 76.1 cm³/mol. The maximum Gasteiger partial charge on any atom is 0.240 e. The van der Waals surface area contributed by atoms with Crippen LogP contribution in [-0.2, 0) is 4.79 Å². The van der Waals surface area contributed by atoms with E-state index in [9.17, 15) is 4.79 Å². The van der Waals surface area contributed by atoms with Gasteiger partial charge in [-0.3, -0.25) is 0 Å². The minimum absolute atomic E-state index is 0.664. The topological polar surface area (TPSA) is 29.4 Å². The molecule has 3 heteroatoms. The fraction of sp³-hybridized carbons (Fsp3) is 0.133. The number of hydrogen-bond donors (Lipinski definition) is 0. The second kappa shape index (κ2) is 6.20. The van der Waals surface area contributed by atoms with Gasteiger partial charge in [0.2, 0.25) is 6.08 Å². The smallest absolute Gasteiger partial charge is 0.211 e. The van der Waals surface area contributed by atoms with Gasteiger partial charge in [0, 0.05) is 10.5 Å². The summed E-state index contributed by atoms with van der Waals surface area (Å²) in [5, 5.41) is 0. The van der Waals surface area contributed by atoms with Gasteiger partial charge in [-0.2, -0.15) is 4.99 Å². The number of hydrogen-bond acceptors (Lipinski definition) is 3. The van der Waals surface area contributed by atoms with Gasteiger partial charge in [0.25, 0.3) is 0 Å². The number of thioether (sulfide) groups is 1. The molecule has 0 saturated heterocycles. The van der Waals surface area contributed by atoms with E-state index in [1.165, 1.54) is 4.90 Å². The minimum atomic E-state index is 0.664. The Bertz CT molecular complexity index is 589. The van der Waals surface area contributed by atoms with Crippen molar-refractivity contribution in [3.8, 4) is 11.1 Å². The van der Waals surface area contributed by atoms with Crippen molar-refractivity contribution < 1.29 is 4.79 Å². The molecule has 0 amide bonds. The van der Waals surface area contributed by atoms with Crippen LogP contribution in [0.3, 0.4) is 0 Å². The summed E-state index contributed by atoms with van der Waals surface area (Å²) in [6.45, 7) is 2.12. The highest BCUT2D eigenvalue weighted by molar-refractivity contribution is 7.99. The Morgan fingerprint density at radius 1 is 1.06 bits per heavy atom. The predicted octanol–water partition coefficient (Wildman–Crippen LogP) is 4.43. The molecule has 0 aliphatic heterocycles. The van der Waals surface area contributed by atoms with Gasteiger partial charge in [0.1, 0.15) is 0 Å². The number of isocyanates is 1. The molecule has 2 aromatic rings. The van der Waals surface area contributed by atoms with Crippen LogP contribution >= 0.6 is 11.8 Å². The van der Waals surface area contributed by atoms with Crippen molar-refractivity contribution in [2.75, 3.05) is 5.75 Å². The van der Waals surface area contributed by atoms with E-state index < -0.39 is 0 Å². The molecule has 0 atom stereocenters. The zero-order valence-electron chi connectivity index (χ0n) is 10.1. The average molecular weight is 255 g/mol. The van der Waals surface area contributed by atoms with Gasteiger partial charge in [0.05, 0.1) is 5.69 Å². The lowest BCUT2D eigenvalue weighted by Gasteiger charge is -2.09. The Morgan fingerprint density at radius 3 is 2.44 bits per heavy atom. The quantitative estimate of drug-likeness (QED) is 0.459. The van der Waals surface area contributed by atoms with Crippen LogP contribution < -0.4 is 0 Å². The normalized spacial score (nSPS) is 9.83. The van der Waals surface area contributed by atoms with Gasteiger partial charge in [-0.05, 0) is 23.4 Å². The van der Waals surface area contributed by atoms with Crippen molar-refractivity contribution in [2.24, 2.45) is 4.99 Å². The standard InChI is InChI=1S/C15H13NOS/c1-2-18-15-10-6-4-8-13(15)12-7-3-5-9-14(12)16-11-17/h3-10H,2H2,1H3. The van der Waals surface area contributed by atoms with Crippen LogP contribution in [0.25, 0.3) is 11.1 Å². The minimum Gasteiger partial charge on any atom is -0.211 e. The molecule has 0 fully saturated rings. The number of carbonyl (C=O) groups excluding carboxylic acids is 1. The van der Waals surface area contributed by atoms with Gasteiger partial charge in [0.15, 0.2) is 0 Å². The lowest BCUT2D eigenvalue weighted by atomic mass is 10.0. The molecule has 0 radical (unpaired) electrons. The van der Waals surface area contributed by atoms with E-state index in [-0.39, 0.29) is 0 Å². The van der Waals surface area contributed by atoms with E-state index in [1.54, 1.807) is 17.8 Å². The first kappa shape index (κ1) is 12.6. The van der Waals surface area contributed by atoms with Crippen LogP contribution in [0.1, 0.15) is 6.92 Å². The van der Waals surface area contributed by atoms with E-state index >= 15 is 0 Å². The molecule has 0 aliphatic carbocycles. The second-order valence-electron chi connectivity index (χ2n) is 3.65. The highest BCUT2D eigenvalue weighted by Crippen LogP contribution is 2.36. The summed E-state index contributed by atoms with van der Waals surface area (Å²) < 4.78 is 0. The first-order chi connectivity index (χ1) is 8.86. The summed E-state index contributed by atoms with van der Waals surface area (Å²) in [4.78, 5) is 15.4. The zero-order valence-corrected chi connectivity index (χ0v) is 10.9. The third-order valence-corrected chi connectivity index (χ3v) is 3.50. The zero-order chi connectivity index (χ0) is 12.8. The molecule has 0 bridgehead atoms.